The maximum absolute atomic E-state index is 11.4. The molecule has 4 rings (SSSR count). The van der Waals surface area contributed by atoms with E-state index in [0.717, 1.165) is 16.8 Å². The summed E-state index contributed by atoms with van der Waals surface area (Å²) in [5, 5.41) is 7.56. The molecule has 0 saturated heterocycles. The molecule has 2 heterocycles. The van der Waals surface area contributed by atoms with Crippen molar-refractivity contribution in [3.8, 4) is 11.1 Å². The number of pyridine rings is 1. The smallest absolute Gasteiger partial charge is 0.248 e. The molecule has 4 aromatic rings. The summed E-state index contributed by atoms with van der Waals surface area (Å²) >= 11 is 0. The van der Waals surface area contributed by atoms with Crippen LogP contribution in [0.4, 0.5) is 17.3 Å². The van der Waals surface area contributed by atoms with E-state index in [1.165, 1.54) is 0 Å². The summed E-state index contributed by atoms with van der Waals surface area (Å²) in [4.78, 5) is 15.8. The number of hydrogen-bond donors (Lipinski definition) is 3. The molecule has 0 radical (unpaired) electrons. The van der Waals surface area contributed by atoms with E-state index < -0.39 is 5.91 Å². The maximum Gasteiger partial charge on any atom is 0.248 e. The fraction of sp³-hybridized carbons (Fsp3) is 0. The fourth-order valence-electron chi connectivity index (χ4n) is 2.69. The SMILES string of the molecule is NC(=O)c1cccc(-c2ccc3nc(Nc4ccccc4N)nn3c2)c1. The predicted octanol–water partition coefficient (Wildman–Crippen LogP) is 2.82. The van der Waals surface area contributed by atoms with Gasteiger partial charge in [-0.15, -0.1) is 5.10 Å². The lowest BCUT2D eigenvalue weighted by atomic mass is 10.0. The van der Waals surface area contributed by atoms with E-state index in [9.17, 15) is 4.79 Å². The number of benzene rings is 2. The van der Waals surface area contributed by atoms with Crippen molar-refractivity contribution in [3.63, 3.8) is 0 Å². The van der Waals surface area contributed by atoms with Gasteiger partial charge < -0.3 is 16.8 Å². The van der Waals surface area contributed by atoms with Gasteiger partial charge in [0.05, 0.1) is 11.4 Å². The van der Waals surface area contributed by atoms with E-state index in [0.29, 0.717) is 22.8 Å². The molecule has 0 aliphatic carbocycles. The van der Waals surface area contributed by atoms with E-state index in [4.69, 9.17) is 11.5 Å². The van der Waals surface area contributed by atoms with Crippen LogP contribution in [0, 0.1) is 0 Å². The number of para-hydroxylation sites is 2. The topological polar surface area (TPSA) is 111 Å². The Bertz CT molecular complexity index is 1120. The van der Waals surface area contributed by atoms with Gasteiger partial charge in [-0.3, -0.25) is 4.79 Å². The Morgan fingerprint density at radius 3 is 2.65 bits per heavy atom. The van der Waals surface area contributed by atoms with Gasteiger partial charge in [0.25, 0.3) is 0 Å². The van der Waals surface area contributed by atoms with Crippen molar-refractivity contribution >= 4 is 28.9 Å². The van der Waals surface area contributed by atoms with Crippen molar-refractivity contribution in [2.24, 2.45) is 5.73 Å². The van der Waals surface area contributed by atoms with Crippen LogP contribution >= 0.6 is 0 Å². The van der Waals surface area contributed by atoms with Gasteiger partial charge in [-0.2, -0.15) is 4.98 Å². The van der Waals surface area contributed by atoms with Crippen LogP contribution in [-0.2, 0) is 0 Å². The first-order valence-electron chi connectivity index (χ1n) is 7.98. The molecule has 0 bridgehead atoms. The summed E-state index contributed by atoms with van der Waals surface area (Å²) in [6, 6.07) is 18.4. The number of fused-ring (bicyclic) bond motifs is 1. The highest BCUT2D eigenvalue weighted by Gasteiger charge is 2.08. The zero-order valence-corrected chi connectivity index (χ0v) is 13.8. The number of amides is 1. The summed E-state index contributed by atoms with van der Waals surface area (Å²) in [5.74, 6) is -0.00782. The number of carbonyl (C=O) groups is 1. The standard InChI is InChI=1S/C19H16N6O/c20-15-6-1-2-7-16(15)22-19-23-17-9-8-14(11-25(17)24-19)12-4-3-5-13(10-12)18(21)26/h1-11H,20H2,(H2,21,26)(H,22,24). The molecule has 0 atom stereocenters. The normalized spacial score (nSPS) is 10.8. The lowest BCUT2D eigenvalue weighted by Gasteiger charge is -2.04. The fourth-order valence-corrected chi connectivity index (χ4v) is 2.69. The number of nitrogens with two attached hydrogens (primary N) is 2. The number of carbonyl (C=O) groups excluding carboxylic acids is 1. The van der Waals surface area contributed by atoms with Crippen LogP contribution < -0.4 is 16.8 Å². The molecule has 0 saturated carbocycles. The molecule has 0 fully saturated rings. The third kappa shape index (κ3) is 2.93. The maximum atomic E-state index is 11.4. The lowest BCUT2D eigenvalue weighted by molar-refractivity contribution is 0.100. The summed E-state index contributed by atoms with van der Waals surface area (Å²) in [6.45, 7) is 0. The predicted molar refractivity (Wildman–Crippen MR) is 101 cm³/mol. The molecule has 26 heavy (non-hydrogen) atoms. The number of hydrogen-bond acceptors (Lipinski definition) is 5. The van der Waals surface area contributed by atoms with Gasteiger partial charge in [0.1, 0.15) is 0 Å². The van der Waals surface area contributed by atoms with Crippen LogP contribution in [0.25, 0.3) is 16.8 Å². The molecule has 2 aromatic carbocycles. The Morgan fingerprint density at radius 1 is 1.00 bits per heavy atom. The second kappa shape index (κ2) is 6.21. The zero-order chi connectivity index (χ0) is 18.1. The quantitative estimate of drug-likeness (QED) is 0.493. The molecule has 1 amide bonds. The van der Waals surface area contributed by atoms with E-state index in [-0.39, 0.29) is 0 Å². The highest BCUT2D eigenvalue weighted by Crippen LogP contribution is 2.23. The van der Waals surface area contributed by atoms with Gasteiger partial charge in [-0.1, -0.05) is 24.3 Å². The summed E-state index contributed by atoms with van der Waals surface area (Å²) in [6.07, 6.45) is 1.85. The van der Waals surface area contributed by atoms with E-state index in [2.05, 4.69) is 15.4 Å². The number of aromatic nitrogens is 3. The van der Waals surface area contributed by atoms with Crippen molar-refractivity contribution in [3.05, 3.63) is 72.4 Å². The number of nitrogens with zero attached hydrogens (tertiary/aromatic N) is 3. The minimum atomic E-state index is -0.458. The van der Waals surface area contributed by atoms with Gasteiger partial charge in [-0.25, -0.2) is 4.52 Å². The number of anilines is 3. The minimum absolute atomic E-state index is 0.450. The average Bonchev–Trinajstić information content (AvgIpc) is 3.05. The molecule has 0 spiro atoms. The van der Waals surface area contributed by atoms with Crippen LogP contribution in [0.15, 0.2) is 66.9 Å². The Labute approximate surface area is 149 Å². The van der Waals surface area contributed by atoms with Gasteiger partial charge in [0.15, 0.2) is 5.65 Å². The van der Waals surface area contributed by atoms with Crippen LogP contribution in [0.3, 0.4) is 0 Å². The van der Waals surface area contributed by atoms with Crippen LogP contribution in [0.2, 0.25) is 0 Å². The van der Waals surface area contributed by atoms with Gasteiger partial charge >= 0.3 is 0 Å². The Kier molecular flexibility index (Phi) is 3.74. The molecule has 2 aromatic heterocycles. The molecule has 7 nitrogen and oxygen atoms in total. The van der Waals surface area contributed by atoms with Gasteiger partial charge in [-0.05, 0) is 42.0 Å². The number of nitrogens with one attached hydrogen (secondary N) is 1. The first-order chi connectivity index (χ1) is 12.6. The minimum Gasteiger partial charge on any atom is -0.397 e. The van der Waals surface area contributed by atoms with Crippen molar-refractivity contribution < 1.29 is 4.79 Å². The van der Waals surface area contributed by atoms with Crippen molar-refractivity contribution in [1.29, 1.82) is 0 Å². The average molecular weight is 344 g/mol. The zero-order valence-electron chi connectivity index (χ0n) is 13.8. The van der Waals surface area contributed by atoms with Crippen LogP contribution in [0.1, 0.15) is 10.4 Å². The molecule has 0 unspecified atom stereocenters. The van der Waals surface area contributed by atoms with Gasteiger partial charge in [0.2, 0.25) is 11.9 Å². The van der Waals surface area contributed by atoms with Crippen molar-refractivity contribution in [1.82, 2.24) is 14.6 Å². The second-order valence-corrected chi connectivity index (χ2v) is 5.81. The number of rotatable bonds is 4. The van der Waals surface area contributed by atoms with Crippen LogP contribution in [0.5, 0.6) is 0 Å². The monoisotopic (exact) mass is 344 g/mol. The second-order valence-electron chi connectivity index (χ2n) is 5.81. The van der Waals surface area contributed by atoms with Crippen molar-refractivity contribution in [2.75, 3.05) is 11.1 Å². The van der Waals surface area contributed by atoms with Gasteiger partial charge in [0, 0.05) is 17.3 Å². The van der Waals surface area contributed by atoms with Crippen LogP contribution in [-0.4, -0.2) is 20.5 Å². The Balaban J connectivity index is 1.69. The molecular formula is C19H16N6O. The highest BCUT2D eigenvalue weighted by atomic mass is 16.1. The van der Waals surface area contributed by atoms with Crippen molar-refractivity contribution in [2.45, 2.75) is 0 Å². The summed E-state index contributed by atoms with van der Waals surface area (Å²) < 4.78 is 1.67. The highest BCUT2D eigenvalue weighted by molar-refractivity contribution is 5.94. The Morgan fingerprint density at radius 2 is 1.85 bits per heavy atom. The van der Waals surface area contributed by atoms with E-state index in [1.807, 2.05) is 48.7 Å². The lowest BCUT2D eigenvalue weighted by Crippen LogP contribution is -2.10. The third-order valence-corrected chi connectivity index (χ3v) is 4.02. The third-order valence-electron chi connectivity index (χ3n) is 4.02. The molecule has 128 valence electrons. The summed E-state index contributed by atoms with van der Waals surface area (Å²) in [7, 11) is 0. The molecule has 0 aliphatic rings. The Hall–Kier alpha value is -3.87. The molecule has 0 aliphatic heterocycles. The first-order valence-corrected chi connectivity index (χ1v) is 7.98. The van der Waals surface area contributed by atoms with E-state index in [1.54, 1.807) is 22.7 Å². The largest absolute Gasteiger partial charge is 0.397 e. The number of nitrogen functional groups attached to an aromatic ring is 1. The van der Waals surface area contributed by atoms with E-state index >= 15 is 0 Å². The molecule has 5 N–H and O–H groups in total. The first kappa shape index (κ1) is 15.6. The molecular weight excluding hydrogens is 328 g/mol. The molecule has 7 heteroatoms. The summed E-state index contributed by atoms with van der Waals surface area (Å²) in [5.41, 5.74) is 15.6. The number of primary amides is 1.